The summed E-state index contributed by atoms with van der Waals surface area (Å²) in [6.07, 6.45) is 4.28. The number of anilines is 2. The zero-order chi connectivity index (χ0) is 15.2. The minimum atomic E-state index is 0.678. The van der Waals surface area contributed by atoms with E-state index in [9.17, 15) is 0 Å². The Morgan fingerprint density at radius 1 is 0.955 bits per heavy atom. The molecule has 1 aromatic carbocycles. The Bertz CT molecular complexity index is 748. The van der Waals surface area contributed by atoms with Crippen molar-refractivity contribution in [1.29, 1.82) is 0 Å². The van der Waals surface area contributed by atoms with E-state index in [4.69, 9.17) is 11.6 Å². The SMILES string of the molecule is Clc1ccc2c(NCCCNc3ccccn3)ncnc2c1. The van der Waals surface area contributed by atoms with Gasteiger partial charge in [0.1, 0.15) is 18.0 Å². The van der Waals surface area contributed by atoms with Gasteiger partial charge in [0.05, 0.1) is 5.52 Å². The maximum absolute atomic E-state index is 5.98. The summed E-state index contributed by atoms with van der Waals surface area (Å²) in [5, 5.41) is 8.27. The summed E-state index contributed by atoms with van der Waals surface area (Å²) >= 11 is 5.98. The quantitative estimate of drug-likeness (QED) is 0.681. The zero-order valence-electron chi connectivity index (χ0n) is 12.0. The highest BCUT2D eigenvalue weighted by Crippen LogP contribution is 2.22. The zero-order valence-corrected chi connectivity index (χ0v) is 12.7. The van der Waals surface area contributed by atoms with Crippen LogP contribution in [0.1, 0.15) is 6.42 Å². The van der Waals surface area contributed by atoms with Crippen LogP contribution in [0.4, 0.5) is 11.6 Å². The van der Waals surface area contributed by atoms with Crippen LogP contribution in [-0.4, -0.2) is 28.0 Å². The van der Waals surface area contributed by atoms with E-state index in [2.05, 4.69) is 25.6 Å². The monoisotopic (exact) mass is 313 g/mol. The third-order valence-electron chi connectivity index (χ3n) is 3.22. The molecule has 22 heavy (non-hydrogen) atoms. The van der Waals surface area contributed by atoms with Crippen molar-refractivity contribution in [2.75, 3.05) is 23.7 Å². The molecule has 0 saturated carbocycles. The van der Waals surface area contributed by atoms with Gasteiger partial charge in [-0.3, -0.25) is 0 Å². The molecule has 0 amide bonds. The Balaban J connectivity index is 1.54. The summed E-state index contributed by atoms with van der Waals surface area (Å²) in [6, 6.07) is 11.4. The van der Waals surface area contributed by atoms with Gasteiger partial charge in [-0.15, -0.1) is 0 Å². The lowest BCUT2D eigenvalue weighted by Crippen LogP contribution is -2.10. The topological polar surface area (TPSA) is 62.7 Å². The van der Waals surface area contributed by atoms with Crippen LogP contribution < -0.4 is 10.6 Å². The third-order valence-corrected chi connectivity index (χ3v) is 3.45. The lowest BCUT2D eigenvalue weighted by atomic mass is 10.2. The van der Waals surface area contributed by atoms with Crippen LogP contribution >= 0.6 is 11.6 Å². The average Bonchev–Trinajstić information content (AvgIpc) is 2.55. The predicted octanol–water partition coefficient (Wildman–Crippen LogP) is 3.59. The standard InChI is InChI=1S/C16H16ClN5/c17-12-5-6-13-14(10-12)21-11-22-16(13)20-9-3-8-19-15-4-1-2-7-18-15/h1-2,4-7,10-11H,3,8-9H2,(H,18,19)(H,20,21,22). The fraction of sp³-hybridized carbons (Fsp3) is 0.188. The Kier molecular flexibility index (Phi) is 4.65. The highest BCUT2D eigenvalue weighted by molar-refractivity contribution is 6.31. The van der Waals surface area contributed by atoms with E-state index in [1.54, 1.807) is 12.5 Å². The number of rotatable bonds is 6. The molecule has 3 rings (SSSR count). The van der Waals surface area contributed by atoms with Gasteiger partial charge in [0.2, 0.25) is 0 Å². The Morgan fingerprint density at radius 3 is 2.73 bits per heavy atom. The van der Waals surface area contributed by atoms with E-state index in [1.165, 1.54) is 0 Å². The second kappa shape index (κ2) is 7.04. The second-order valence-corrected chi connectivity index (χ2v) is 5.24. The molecule has 0 unspecified atom stereocenters. The first-order chi connectivity index (χ1) is 10.8. The molecule has 0 spiro atoms. The van der Waals surface area contributed by atoms with Crippen molar-refractivity contribution < 1.29 is 0 Å². The number of fused-ring (bicyclic) bond motifs is 1. The molecular weight excluding hydrogens is 298 g/mol. The van der Waals surface area contributed by atoms with Crippen LogP contribution in [0.25, 0.3) is 10.9 Å². The molecule has 112 valence electrons. The molecule has 3 aromatic rings. The van der Waals surface area contributed by atoms with Crippen molar-refractivity contribution >= 4 is 34.1 Å². The summed E-state index contributed by atoms with van der Waals surface area (Å²) in [6.45, 7) is 1.66. The fourth-order valence-corrected chi connectivity index (χ4v) is 2.32. The predicted molar refractivity (Wildman–Crippen MR) is 90.4 cm³/mol. The number of hydrogen-bond donors (Lipinski definition) is 2. The molecule has 0 aliphatic carbocycles. The van der Waals surface area contributed by atoms with Gasteiger partial charge in [-0.25, -0.2) is 15.0 Å². The van der Waals surface area contributed by atoms with E-state index in [0.29, 0.717) is 5.02 Å². The number of hydrogen-bond acceptors (Lipinski definition) is 5. The maximum atomic E-state index is 5.98. The van der Waals surface area contributed by atoms with Gasteiger partial charge < -0.3 is 10.6 Å². The van der Waals surface area contributed by atoms with Gasteiger partial charge in [0.15, 0.2) is 0 Å². The van der Waals surface area contributed by atoms with Crippen LogP contribution in [-0.2, 0) is 0 Å². The van der Waals surface area contributed by atoms with E-state index in [0.717, 1.165) is 42.0 Å². The summed E-state index contributed by atoms with van der Waals surface area (Å²) in [7, 11) is 0. The average molecular weight is 314 g/mol. The Hall–Kier alpha value is -2.40. The van der Waals surface area contributed by atoms with E-state index in [1.807, 2.05) is 36.4 Å². The molecule has 5 nitrogen and oxygen atoms in total. The van der Waals surface area contributed by atoms with E-state index in [-0.39, 0.29) is 0 Å². The molecule has 0 fully saturated rings. The van der Waals surface area contributed by atoms with Crippen molar-refractivity contribution in [1.82, 2.24) is 15.0 Å². The molecular formula is C16H16ClN5. The normalized spacial score (nSPS) is 10.6. The van der Waals surface area contributed by atoms with Gasteiger partial charge in [-0.2, -0.15) is 0 Å². The number of aromatic nitrogens is 3. The van der Waals surface area contributed by atoms with Gasteiger partial charge >= 0.3 is 0 Å². The van der Waals surface area contributed by atoms with Crippen LogP contribution in [0.3, 0.4) is 0 Å². The molecule has 0 atom stereocenters. The molecule has 0 bridgehead atoms. The summed E-state index contributed by atoms with van der Waals surface area (Å²) in [4.78, 5) is 12.7. The lowest BCUT2D eigenvalue weighted by molar-refractivity contribution is 0.899. The lowest BCUT2D eigenvalue weighted by Gasteiger charge is -2.09. The molecule has 0 saturated heterocycles. The van der Waals surface area contributed by atoms with Gasteiger partial charge in [-0.1, -0.05) is 17.7 Å². The van der Waals surface area contributed by atoms with Gasteiger partial charge in [0, 0.05) is 29.7 Å². The number of pyridine rings is 1. The van der Waals surface area contributed by atoms with E-state index < -0.39 is 0 Å². The second-order valence-electron chi connectivity index (χ2n) is 4.81. The molecule has 2 heterocycles. The molecule has 2 N–H and O–H groups in total. The minimum Gasteiger partial charge on any atom is -0.370 e. The summed E-state index contributed by atoms with van der Waals surface area (Å²) < 4.78 is 0. The first kappa shape index (κ1) is 14.5. The highest BCUT2D eigenvalue weighted by atomic mass is 35.5. The largest absolute Gasteiger partial charge is 0.370 e. The highest BCUT2D eigenvalue weighted by Gasteiger charge is 2.03. The smallest absolute Gasteiger partial charge is 0.137 e. The first-order valence-electron chi connectivity index (χ1n) is 7.12. The number of nitrogens with one attached hydrogen (secondary N) is 2. The molecule has 0 aliphatic rings. The molecule has 2 aromatic heterocycles. The Morgan fingerprint density at radius 2 is 1.86 bits per heavy atom. The third kappa shape index (κ3) is 3.62. The van der Waals surface area contributed by atoms with Crippen LogP contribution in [0, 0.1) is 0 Å². The summed E-state index contributed by atoms with van der Waals surface area (Å²) in [5.74, 6) is 1.73. The molecule has 0 aliphatic heterocycles. The summed E-state index contributed by atoms with van der Waals surface area (Å²) in [5.41, 5.74) is 0.844. The number of halogens is 1. The van der Waals surface area contributed by atoms with Crippen molar-refractivity contribution in [2.24, 2.45) is 0 Å². The van der Waals surface area contributed by atoms with Crippen LogP contribution in [0.15, 0.2) is 48.9 Å². The van der Waals surface area contributed by atoms with Crippen LogP contribution in [0.5, 0.6) is 0 Å². The van der Waals surface area contributed by atoms with Crippen LogP contribution in [0.2, 0.25) is 5.02 Å². The Labute approximate surface area is 133 Å². The number of benzene rings is 1. The van der Waals surface area contributed by atoms with Gasteiger partial charge in [0.25, 0.3) is 0 Å². The first-order valence-corrected chi connectivity index (χ1v) is 7.50. The van der Waals surface area contributed by atoms with Crippen molar-refractivity contribution in [2.45, 2.75) is 6.42 Å². The van der Waals surface area contributed by atoms with E-state index >= 15 is 0 Å². The fourth-order valence-electron chi connectivity index (χ4n) is 2.15. The minimum absolute atomic E-state index is 0.678. The number of nitrogens with zero attached hydrogens (tertiary/aromatic N) is 3. The van der Waals surface area contributed by atoms with Crippen molar-refractivity contribution in [3.63, 3.8) is 0 Å². The molecule has 6 heteroatoms. The maximum Gasteiger partial charge on any atom is 0.137 e. The van der Waals surface area contributed by atoms with Gasteiger partial charge in [-0.05, 0) is 36.8 Å². The van der Waals surface area contributed by atoms with Crippen molar-refractivity contribution in [3.8, 4) is 0 Å². The van der Waals surface area contributed by atoms with Crippen molar-refractivity contribution in [3.05, 3.63) is 53.9 Å². The molecule has 0 radical (unpaired) electrons.